The normalized spacial score (nSPS) is 37.8. The van der Waals surface area contributed by atoms with E-state index in [0.29, 0.717) is 12.0 Å². The van der Waals surface area contributed by atoms with E-state index in [9.17, 15) is 9.59 Å². The SMILES string of the molecule is CC(=O)OCC(=O)OCCC12CC3CC(CC(C3)C1)C2. The smallest absolute Gasteiger partial charge is 0.344 e. The zero-order valence-corrected chi connectivity index (χ0v) is 12.2. The minimum atomic E-state index is -0.442. The van der Waals surface area contributed by atoms with E-state index in [1.165, 1.54) is 45.4 Å². The van der Waals surface area contributed by atoms with Gasteiger partial charge in [-0.2, -0.15) is 0 Å². The summed E-state index contributed by atoms with van der Waals surface area (Å²) in [4.78, 5) is 22.1. The van der Waals surface area contributed by atoms with Crippen molar-refractivity contribution >= 4 is 11.9 Å². The maximum absolute atomic E-state index is 11.4. The molecule has 0 amide bonds. The van der Waals surface area contributed by atoms with Crippen LogP contribution in [0.15, 0.2) is 0 Å². The summed E-state index contributed by atoms with van der Waals surface area (Å²) >= 11 is 0. The molecule has 4 aliphatic carbocycles. The van der Waals surface area contributed by atoms with E-state index in [-0.39, 0.29) is 6.61 Å². The summed E-state index contributed by atoms with van der Waals surface area (Å²) in [7, 11) is 0. The second-order valence-electron chi connectivity index (χ2n) is 7.17. The molecule has 112 valence electrons. The van der Waals surface area contributed by atoms with E-state index in [1.807, 2.05) is 0 Å². The summed E-state index contributed by atoms with van der Waals surface area (Å²) in [6, 6.07) is 0. The standard InChI is InChI=1S/C16H24O4/c1-11(17)20-10-15(18)19-3-2-16-7-12-4-13(8-16)6-14(5-12)9-16/h12-14H,2-10H2,1H3. The van der Waals surface area contributed by atoms with Gasteiger partial charge in [0.05, 0.1) is 6.61 Å². The topological polar surface area (TPSA) is 52.6 Å². The molecule has 0 saturated heterocycles. The number of esters is 2. The molecule has 0 aromatic heterocycles. The molecule has 0 spiro atoms. The molecule has 20 heavy (non-hydrogen) atoms. The van der Waals surface area contributed by atoms with Crippen molar-refractivity contribution in [2.75, 3.05) is 13.2 Å². The number of carbonyl (C=O) groups excluding carboxylic acids is 2. The number of hydrogen-bond donors (Lipinski definition) is 0. The van der Waals surface area contributed by atoms with E-state index in [1.54, 1.807) is 0 Å². The molecule has 0 heterocycles. The molecular weight excluding hydrogens is 256 g/mol. The summed E-state index contributed by atoms with van der Waals surface area (Å²) in [5.41, 5.74) is 0.441. The van der Waals surface area contributed by atoms with Gasteiger partial charge in [-0.25, -0.2) is 4.79 Å². The maximum Gasteiger partial charge on any atom is 0.344 e. The lowest BCUT2D eigenvalue weighted by Crippen LogP contribution is -2.46. The average Bonchev–Trinajstić information content (AvgIpc) is 2.34. The van der Waals surface area contributed by atoms with Gasteiger partial charge in [-0.15, -0.1) is 0 Å². The first kappa shape index (κ1) is 13.9. The number of hydrogen-bond acceptors (Lipinski definition) is 4. The summed E-state index contributed by atoms with van der Waals surface area (Å²) in [5, 5.41) is 0. The Hall–Kier alpha value is -1.06. The minimum absolute atomic E-state index is 0.254. The van der Waals surface area contributed by atoms with Crippen molar-refractivity contribution in [1.82, 2.24) is 0 Å². The van der Waals surface area contributed by atoms with Crippen molar-refractivity contribution in [2.45, 2.75) is 51.9 Å². The van der Waals surface area contributed by atoms with E-state index < -0.39 is 11.9 Å². The van der Waals surface area contributed by atoms with Crippen LogP contribution in [0, 0.1) is 23.2 Å². The van der Waals surface area contributed by atoms with Crippen molar-refractivity contribution in [3.8, 4) is 0 Å². The molecule has 0 aliphatic heterocycles. The average molecular weight is 280 g/mol. The summed E-state index contributed by atoms with van der Waals surface area (Å²) in [6.07, 6.45) is 9.30. The van der Waals surface area contributed by atoms with Gasteiger partial charge in [0, 0.05) is 6.92 Å². The quantitative estimate of drug-likeness (QED) is 0.727. The lowest BCUT2D eigenvalue weighted by atomic mass is 9.49. The second kappa shape index (κ2) is 5.38. The Morgan fingerprint density at radius 2 is 1.55 bits per heavy atom. The van der Waals surface area contributed by atoms with E-state index >= 15 is 0 Å². The second-order valence-corrected chi connectivity index (χ2v) is 7.17. The molecule has 4 nitrogen and oxygen atoms in total. The highest BCUT2D eigenvalue weighted by atomic mass is 16.6. The Bertz CT molecular complexity index is 366. The number of rotatable bonds is 5. The van der Waals surface area contributed by atoms with Crippen molar-refractivity contribution in [2.24, 2.45) is 23.2 Å². The monoisotopic (exact) mass is 280 g/mol. The molecule has 0 N–H and O–H groups in total. The molecule has 0 unspecified atom stereocenters. The third kappa shape index (κ3) is 2.99. The van der Waals surface area contributed by atoms with Crippen molar-refractivity contribution in [1.29, 1.82) is 0 Å². The van der Waals surface area contributed by atoms with Gasteiger partial charge in [0.25, 0.3) is 0 Å². The largest absolute Gasteiger partial charge is 0.463 e. The highest BCUT2D eigenvalue weighted by Gasteiger charge is 2.50. The molecule has 4 heteroatoms. The first-order chi connectivity index (χ1) is 9.55. The van der Waals surface area contributed by atoms with Crippen LogP contribution < -0.4 is 0 Å². The van der Waals surface area contributed by atoms with Crippen LogP contribution in [0.1, 0.15) is 51.9 Å². The van der Waals surface area contributed by atoms with Gasteiger partial charge in [0.1, 0.15) is 0 Å². The predicted molar refractivity (Wildman–Crippen MR) is 72.8 cm³/mol. The van der Waals surface area contributed by atoms with Crippen molar-refractivity contribution < 1.29 is 19.1 Å². The number of carbonyl (C=O) groups is 2. The van der Waals surface area contributed by atoms with E-state index in [4.69, 9.17) is 4.74 Å². The molecule has 4 bridgehead atoms. The molecule has 0 aromatic rings. The van der Waals surface area contributed by atoms with Crippen LogP contribution in [0.3, 0.4) is 0 Å². The molecule has 0 radical (unpaired) electrons. The van der Waals surface area contributed by atoms with Crippen LogP contribution in [-0.4, -0.2) is 25.2 Å². The van der Waals surface area contributed by atoms with Crippen LogP contribution in [0.4, 0.5) is 0 Å². The lowest BCUT2D eigenvalue weighted by Gasteiger charge is -2.57. The van der Waals surface area contributed by atoms with Crippen LogP contribution in [-0.2, 0) is 19.1 Å². The van der Waals surface area contributed by atoms with Gasteiger partial charge >= 0.3 is 11.9 Å². The molecule has 4 aliphatic rings. The van der Waals surface area contributed by atoms with Gasteiger partial charge in [0.15, 0.2) is 6.61 Å². The van der Waals surface area contributed by atoms with Crippen LogP contribution in [0.5, 0.6) is 0 Å². The third-order valence-corrected chi connectivity index (χ3v) is 5.45. The van der Waals surface area contributed by atoms with Crippen molar-refractivity contribution in [3.05, 3.63) is 0 Å². The summed E-state index contributed by atoms with van der Waals surface area (Å²) in [5.74, 6) is 1.92. The first-order valence-corrected chi connectivity index (χ1v) is 7.84. The van der Waals surface area contributed by atoms with Gasteiger partial charge < -0.3 is 9.47 Å². The summed E-state index contributed by atoms with van der Waals surface area (Å²) in [6.45, 7) is 1.52. The van der Waals surface area contributed by atoms with Crippen LogP contribution in [0.2, 0.25) is 0 Å². The third-order valence-electron chi connectivity index (χ3n) is 5.45. The van der Waals surface area contributed by atoms with Crippen molar-refractivity contribution in [3.63, 3.8) is 0 Å². The van der Waals surface area contributed by atoms with Crippen LogP contribution in [0.25, 0.3) is 0 Å². The first-order valence-electron chi connectivity index (χ1n) is 7.84. The van der Waals surface area contributed by atoms with Gasteiger partial charge in [-0.05, 0) is 68.1 Å². The molecule has 4 saturated carbocycles. The van der Waals surface area contributed by atoms with Gasteiger partial charge in [0.2, 0.25) is 0 Å². The highest BCUT2D eigenvalue weighted by molar-refractivity contribution is 5.75. The maximum atomic E-state index is 11.4. The predicted octanol–water partition coefficient (Wildman–Crippen LogP) is 2.70. The Morgan fingerprint density at radius 3 is 2.05 bits per heavy atom. The Balaban J connectivity index is 1.44. The molecule has 0 aromatic carbocycles. The number of ether oxygens (including phenoxy) is 2. The fourth-order valence-electron chi connectivity index (χ4n) is 5.18. The molecule has 4 rings (SSSR count). The minimum Gasteiger partial charge on any atom is -0.463 e. The van der Waals surface area contributed by atoms with Crippen LogP contribution >= 0.6 is 0 Å². The molecular formula is C16H24O4. The summed E-state index contributed by atoms with van der Waals surface area (Å²) < 4.78 is 9.85. The fraction of sp³-hybridized carbons (Fsp3) is 0.875. The molecule has 4 fully saturated rings. The van der Waals surface area contributed by atoms with E-state index in [0.717, 1.165) is 24.2 Å². The lowest BCUT2D eigenvalue weighted by molar-refractivity contribution is -0.159. The van der Waals surface area contributed by atoms with Gasteiger partial charge in [-0.1, -0.05) is 0 Å². The zero-order valence-electron chi connectivity index (χ0n) is 12.2. The van der Waals surface area contributed by atoms with E-state index in [2.05, 4.69) is 4.74 Å². The highest BCUT2D eigenvalue weighted by Crippen LogP contribution is 2.61. The fourth-order valence-corrected chi connectivity index (χ4v) is 5.18. The Labute approximate surface area is 120 Å². The molecule has 0 atom stereocenters. The Morgan fingerprint density at radius 1 is 1.00 bits per heavy atom. The van der Waals surface area contributed by atoms with Gasteiger partial charge in [-0.3, -0.25) is 4.79 Å². The zero-order chi connectivity index (χ0) is 14.2. The Kier molecular flexibility index (Phi) is 3.74.